The monoisotopic (exact) mass is 498 g/mol. The van der Waals surface area contributed by atoms with Crippen LogP contribution < -0.4 is 19.5 Å². The smallest absolute Gasteiger partial charge is 0.340 e. The number of benzene rings is 3. The van der Waals surface area contributed by atoms with Gasteiger partial charge in [0.1, 0.15) is 11.5 Å². The third kappa shape index (κ3) is 7.21. The predicted molar refractivity (Wildman–Crippen MR) is 130 cm³/mol. The first-order valence-electron chi connectivity index (χ1n) is 10.6. The number of para-hydroxylation sites is 1. The van der Waals surface area contributed by atoms with Crippen molar-refractivity contribution in [1.82, 2.24) is 5.32 Å². The van der Waals surface area contributed by atoms with E-state index in [0.717, 1.165) is 11.3 Å². The number of amides is 1. The summed E-state index contributed by atoms with van der Waals surface area (Å²) in [7, 11) is -0.904. The zero-order valence-electron chi connectivity index (χ0n) is 19.3. The normalized spacial score (nSPS) is 10.8. The summed E-state index contributed by atoms with van der Waals surface area (Å²) >= 11 is 0. The Balaban J connectivity index is 1.55. The van der Waals surface area contributed by atoms with Crippen molar-refractivity contribution in [1.29, 1.82) is 0 Å². The third-order valence-electron chi connectivity index (χ3n) is 4.99. The molecule has 0 spiro atoms. The number of methoxy groups -OCH3 is 2. The lowest BCUT2D eigenvalue weighted by atomic mass is 10.1. The fourth-order valence-corrected chi connectivity index (χ4v) is 4.19. The number of carbonyl (C=O) groups excluding carboxylic acids is 2. The molecule has 0 saturated carbocycles. The highest BCUT2D eigenvalue weighted by atomic mass is 32.2. The molecule has 0 radical (unpaired) electrons. The molecule has 0 bridgehead atoms. The van der Waals surface area contributed by atoms with Gasteiger partial charge >= 0.3 is 5.97 Å². The van der Waals surface area contributed by atoms with Crippen LogP contribution in [0.4, 0.5) is 5.69 Å². The van der Waals surface area contributed by atoms with Crippen molar-refractivity contribution in [2.75, 3.05) is 32.1 Å². The molecule has 35 heavy (non-hydrogen) atoms. The molecule has 0 aliphatic rings. The predicted octanol–water partition coefficient (Wildman–Crippen LogP) is 3.02. The molecule has 10 heteroatoms. The van der Waals surface area contributed by atoms with Crippen molar-refractivity contribution in [3.8, 4) is 11.5 Å². The molecule has 3 aromatic carbocycles. The van der Waals surface area contributed by atoms with Crippen LogP contribution in [0, 0.1) is 0 Å². The Morgan fingerprint density at radius 3 is 2.06 bits per heavy atom. The maximum absolute atomic E-state index is 12.7. The molecule has 3 aromatic rings. The number of anilines is 1. The van der Waals surface area contributed by atoms with Crippen LogP contribution in [0.5, 0.6) is 11.5 Å². The first-order chi connectivity index (χ1) is 16.8. The van der Waals surface area contributed by atoms with E-state index in [2.05, 4.69) is 10.0 Å². The van der Waals surface area contributed by atoms with Crippen molar-refractivity contribution in [3.05, 3.63) is 83.9 Å². The lowest BCUT2D eigenvalue weighted by Gasteiger charge is -2.13. The van der Waals surface area contributed by atoms with Crippen LogP contribution in [0.25, 0.3) is 0 Å². The van der Waals surface area contributed by atoms with E-state index in [1.807, 2.05) is 24.3 Å². The minimum atomic E-state index is -3.97. The number of ether oxygens (including phenoxy) is 3. The van der Waals surface area contributed by atoms with E-state index in [4.69, 9.17) is 14.2 Å². The van der Waals surface area contributed by atoms with E-state index in [1.165, 1.54) is 43.5 Å². The van der Waals surface area contributed by atoms with Gasteiger partial charge in [0.25, 0.3) is 15.9 Å². The van der Waals surface area contributed by atoms with Gasteiger partial charge < -0.3 is 19.5 Å². The largest absolute Gasteiger partial charge is 0.497 e. The fourth-order valence-electron chi connectivity index (χ4n) is 3.11. The van der Waals surface area contributed by atoms with Crippen molar-refractivity contribution in [2.24, 2.45) is 0 Å². The molecule has 9 nitrogen and oxygen atoms in total. The zero-order valence-corrected chi connectivity index (χ0v) is 20.1. The van der Waals surface area contributed by atoms with E-state index in [1.54, 1.807) is 19.2 Å². The van der Waals surface area contributed by atoms with Gasteiger partial charge in [-0.25, -0.2) is 13.2 Å². The van der Waals surface area contributed by atoms with Gasteiger partial charge in [0.2, 0.25) is 0 Å². The Morgan fingerprint density at radius 1 is 0.829 bits per heavy atom. The van der Waals surface area contributed by atoms with Crippen LogP contribution in [0.2, 0.25) is 0 Å². The van der Waals surface area contributed by atoms with E-state index in [-0.39, 0.29) is 16.1 Å². The highest BCUT2D eigenvalue weighted by Crippen LogP contribution is 2.22. The number of hydrogen-bond donors (Lipinski definition) is 2. The maximum atomic E-state index is 12.7. The number of sulfonamides is 1. The number of nitrogens with one attached hydrogen (secondary N) is 2. The summed E-state index contributed by atoms with van der Waals surface area (Å²) in [6, 6.07) is 19.3. The molecule has 1 amide bonds. The summed E-state index contributed by atoms with van der Waals surface area (Å²) in [5.41, 5.74) is 1.03. The van der Waals surface area contributed by atoms with Crippen molar-refractivity contribution >= 4 is 27.6 Å². The van der Waals surface area contributed by atoms with Gasteiger partial charge in [-0.2, -0.15) is 0 Å². The summed E-state index contributed by atoms with van der Waals surface area (Å²) in [5, 5.41) is 2.68. The first-order valence-corrected chi connectivity index (χ1v) is 12.1. The average molecular weight is 499 g/mol. The van der Waals surface area contributed by atoms with Gasteiger partial charge in [0.05, 0.1) is 30.4 Å². The lowest BCUT2D eigenvalue weighted by molar-refractivity contribution is -0.124. The zero-order chi connectivity index (χ0) is 25.3. The summed E-state index contributed by atoms with van der Waals surface area (Å²) in [6.07, 6.45) is 0.597. The fraction of sp³-hybridized carbons (Fsp3) is 0.200. The molecule has 3 rings (SSSR count). The Bertz CT molecular complexity index is 1260. The first kappa shape index (κ1) is 25.6. The number of esters is 1. The van der Waals surface area contributed by atoms with Crippen LogP contribution in [0.1, 0.15) is 15.9 Å². The van der Waals surface area contributed by atoms with E-state index < -0.39 is 28.5 Å². The summed E-state index contributed by atoms with van der Waals surface area (Å²) in [6.45, 7) is -0.137. The average Bonchev–Trinajstić information content (AvgIpc) is 2.88. The molecule has 0 atom stereocenters. The lowest BCUT2D eigenvalue weighted by Crippen LogP contribution is -2.30. The van der Waals surface area contributed by atoms with Crippen molar-refractivity contribution in [2.45, 2.75) is 11.3 Å². The van der Waals surface area contributed by atoms with E-state index >= 15 is 0 Å². The standard InChI is InChI=1S/C25H26N2O7S/c1-32-19-9-7-18(8-10-19)15-16-26-24(28)17-34-25(29)22-5-3-4-6-23(22)27-35(30,31)21-13-11-20(33-2)12-14-21/h3-14,27H,15-17H2,1-2H3,(H,26,28). The molecule has 184 valence electrons. The molecule has 0 aromatic heterocycles. The minimum absolute atomic E-state index is 0.00212. The molecule has 0 aliphatic heterocycles. The Hall–Kier alpha value is -4.05. The summed E-state index contributed by atoms with van der Waals surface area (Å²) in [4.78, 5) is 24.7. The molecular formula is C25H26N2O7S. The molecule has 0 unspecified atom stereocenters. The second kappa shape index (κ2) is 11.9. The quantitative estimate of drug-likeness (QED) is 0.390. The van der Waals surface area contributed by atoms with Crippen molar-refractivity contribution in [3.63, 3.8) is 0 Å². The molecule has 0 fully saturated rings. The van der Waals surface area contributed by atoms with Gasteiger partial charge in [0.15, 0.2) is 6.61 Å². The van der Waals surface area contributed by atoms with E-state index in [0.29, 0.717) is 18.7 Å². The number of rotatable bonds is 11. The van der Waals surface area contributed by atoms with Crippen LogP contribution in [0.15, 0.2) is 77.7 Å². The highest BCUT2D eigenvalue weighted by molar-refractivity contribution is 7.92. The third-order valence-corrected chi connectivity index (χ3v) is 6.37. The summed E-state index contributed by atoms with van der Waals surface area (Å²) in [5.74, 6) is -0.0436. The second-order valence-corrected chi connectivity index (χ2v) is 9.03. The van der Waals surface area contributed by atoms with Gasteiger partial charge in [-0.15, -0.1) is 0 Å². The Kier molecular flexibility index (Phi) is 8.69. The van der Waals surface area contributed by atoms with E-state index in [9.17, 15) is 18.0 Å². The second-order valence-electron chi connectivity index (χ2n) is 7.35. The molecule has 0 saturated heterocycles. The molecule has 0 aliphatic carbocycles. The van der Waals surface area contributed by atoms with Crippen LogP contribution in [0.3, 0.4) is 0 Å². The van der Waals surface area contributed by atoms with Crippen LogP contribution in [-0.2, 0) is 26.0 Å². The number of carbonyl (C=O) groups is 2. The SMILES string of the molecule is COc1ccc(CCNC(=O)COC(=O)c2ccccc2NS(=O)(=O)c2ccc(OC)cc2)cc1. The Labute approximate surface area is 204 Å². The molecular weight excluding hydrogens is 472 g/mol. The Morgan fingerprint density at radius 2 is 1.43 bits per heavy atom. The highest BCUT2D eigenvalue weighted by Gasteiger charge is 2.20. The van der Waals surface area contributed by atoms with Crippen LogP contribution in [-0.4, -0.2) is 47.7 Å². The van der Waals surface area contributed by atoms with Crippen LogP contribution >= 0.6 is 0 Å². The maximum Gasteiger partial charge on any atom is 0.340 e. The van der Waals surface area contributed by atoms with Gasteiger partial charge in [-0.3, -0.25) is 9.52 Å². The van der Waals surface area contributed by atoms with Gasteiger partial charge in [0, 0.05) is 6.54 Å². The topological polar surface area (TPSA) is 120 Å². The number of hydrogen-bond acceptors (Lipinski definition) is 7. The van der Waals surface area contributed by atoms with Crippen molar-refractivity contribution < 1.29 is 32.2 Å². The molecule has 0 heterocycles. The minimum Gasteiger partial charge on any atom is -0.497 e. The summed E-state index contributed by atoms with van der Waals surface area (Å²) < 4.78 is 43.1. The van der Waals surface area contributed by atoms with Gasteiger partial charge in [-0.1, -0.05) is 24.3 Å². The molecule has 2 N–H and O–H groups in total. The van der Waals surface area contributed by atoms with Gasteiger partial charge in [-0.05, 0) is 60.5 Å².